The van der Waals surface area contributed by atoms with Gasteiger partial charge in [-0.2, -0.15) is 0 Å². The third kappa shape index (κ3) is 3.02. The predicted molar refractivity (Wildman–Crippen MR) is 82.0 cm³/mol. The van der Waals surface area contributed by atoms with Crippen LogP contribution in [0.3, 0.4) is 0 Å². The van der Waals surface area contributed by atoms with Crippen molar-refractivity contribution >= 4 is 11.7 Å². The van der Waals surface area contributed by atoms with Gasteiger partial charge in [0.25, 0.3) is 5.91 Å². The molecule has 1 fully saturated rings. The number of benzene rings is 2. The minimum Gasteiger partial charge on any atom is -0.338 e. The van der Waals surface area contributed by atoms with Crippen LogP contribution in [0.4, 0.5) is 0 Å². The molecular weight excluding hydrogens is 262 g/mol. The van der Waals surface area contributed by atoms with E-state index in [1.54, 1.807) is 4.90 Å². The smallest absolute Gasteiger partial charge is 0.253 e. The molecule has 1 saturated heterocycles. The van der Waals surface area contributed by atoms with Crippen molar-refractivity contribution in [3.8, 4) is 11.1 Å². The van der Waals surface area contributed by atoms with Gasteiger partial charge in [0.2, 0.25) is 0 Å². The van der Waals surface area contributed by atoms with Crippen LogP contribution in [0.15, 0.2) is 54.6 Å². The van der Waals surface area contributed by atoms with Crippen LogP contribution >= 0.6 is 0 Å². The lowest BCUT2D eigenvalue weighted by atomic mass is 10.0. The zero-order valence-electron chi connectivity index (χ0n) is 11.8. The van der Waals surface area contributed by atoms with E-state index in [2.05, 4.69) is 0 Å². The Kier molecular flexibility index (Phi) is 3.82. The molecular formula is C18H17NO2. The van der Waals surface area contributed by atoms with Crippen LogP contribution in [-0.2, 0) is 4.79 Å². The van der Waals surface area contributed by atoms with Crippen molar-refractivity contribution in [3.05, 3.63) is 60.2 Å². The minimum atomic E-state index is 0.0158. The minimum absolute atomic E-state index is 0.0158. The maximum absolute atomic E-state index is 12.4. The second-order valence-corrected chi connectivity index (χ2v) is 5.27. The summed E-state index contributed by atoms with van der Waals surface area (Å²) in [6, 6.07) is 17.7. The van der Waals surface area contributed by atoms with Crippen molar-refractivity contribution < 1.29 is 9.59 Å². The molecule has 1 amide bonds. The molecule has 21 heavy (non-hydrogen) atoms. The first kappa shape index (κ1) is 13.6. The summed E-state index contributed by atoms with van der Waals surface area (Å²) in [7, 11) is 0. The maximum atomic E-state index is 12.4. The summed E-state index contributed by atoms with van der Waals surface area (Å²) >= 11 is 0. The highest BCUT2D eigenvalue weighted by Crippen LogP contribution is 2.20. The second-order valence-electron chi connectivity index (χ2n) is 5.27. The van der Waals surface area contributed by atoms with E-state index in [-0.39, 0.29) is 11.7 Å². The summed E-state index contributed by atoms with van der Waals surface area (Å²) in [5, 5.41) is 0. The number of likely N-dealkylation sites (tertiary alicyclic amines) is 1. The Labute approximate surface area is 124 Å². The van der Waals surface area contributed by atoms with E-state index < -0.39 is 0 Å². The SMILES string of the molecule is O=C1CCN(C(=O)c2ccc(-c3ccccc3)cc2)CC1. The molecule has 0 radical (unpaired) electrons. The highest BCUT2D eigenvalue weighted by Gasteiger charge is 2.21. The summed E-state index contributed by atoms with van der Waals surface area (Å²) in [5.74, 6) is 0.264. The van der Waals surface area contributed by atoms with E-state index in [4.69, 9.17) is 0 Å². The van der Waals surface area contributed by atoms with E-state index in [0.29, 0.717) is 31.5 Å². The predicted octanol–water partition coefficient (Wildman–Crippen LogP) is 3.16. The summed E-state index contributed by atoms with van der Waals surface area (Å²) in [6.45, 7) is 1.08. The number of carbonyl (C=O) groups is 2. The second kappa shape index (κ2) is 5.92. The third-order valence-electron chi connectivity index (χ3n) is 3.85. The maximum Gasteiger partial charge on any atom is 0.253 e. The van der Waals surface area contributed by atoms with Crippen LogP contribution in [-0.4, -0.2) is 29.7 Å². The molecule has 1 heterocycles. The van der Waals surface area contributed by atoms with Gasteiger partial charge in [-0.3, -0.25) is 9.59 Å². The summed E-state index contributed by atoms with van der Waals surface area (Å²) < 4.78 is 0. The molecule has 2 aromatic rings. The number of rotatable bonds is 2. The quantitative estimate of drug-likeness (QED) is 0.846. The van der Waals surface area contributed by atoms with Crippen LogP contribution in [0.2, 0.25) is 0 Å². The fourth-order valence-corrected chi connectivity index (χ4v) is 2.58. The summed E-state index contributed by atoms with van der Waals surface area (Å²) in [4.78, 5) is 25.4. The first-order valence-corrected chi connectivity index (χ1v) is 7.20. The van der Waals surface area contributed by atoms with Crippen LogP contribution in [0.25, 0.3) is 11.1 Å². The van der Waals surface area contributed by atoms with Gasteiger partial charge in [0.1, 0.15) is 5.78 Å². The fraction of sp³-hybridized carbons (Fsp3) is 0.222. The first-order valence-electron chi connectivity index (χ1n) is 7.20. The number of hydrogen-bond acceptors (Lipinski definition) is 2. The molecule has 0 aromatic heterocycles. The lowest BCUT2D eigenvalue weighted by Crippen LogP contribution is -2.38. The Hall–Kier alpha value is -2.42. The van der Waals surface area contributed by atoms with Gasteiger partial charge in [-0.1, -0.05) is 42.5 Å². The molecule has 0 bridgehead atoms. The number of carbonyl (C=O) groups excluding carboxylic acids is 2. The van der Waals surface area contributed by atoms with Crippen molar-refractivity contribution in [1.29, 1.82) is 0 Å². The third-order valence-corrected chi connectivity index (χ3v) is 3.85. The Bertz CT molecular complexity index is 637. The lowest BCUT2D eigenvalue weighted by molar-refractivity contribution is -0.120. The average molecular weight is 279 g/mol. The number of Topliss-reactive ketones (excluding diaryl/α,β-unsaturated/α-hetero) is 1. The summed E-state index contributed by atoms with van der Waals surface area (Å²) in [5.41, 5.74) is 2.92. The van der Waals surface area contributed by atoms with E-state index in [1.165, 1.54) is 0 Å². The standard InChI is InChI=1S/C18H17NO2/c20-17-10-12-19(13-11-17)18(21)16-8-6-15(7-9-16)14-4-2-1-3-5-14/h1-9H,10-13H2. The molecule has 0 aliphatic carbocycles. The van der Waals surface area contributed by atoms with Crippen LogP contribution < -0.4 is 0 Å². The molecule has 3 nitrogen and oxygen atoms in total. The largest absolute Gasteiger partial charge is 0.338 e. The molecule has 1 aliphatic heterocycles. The molecule has 0 saturated carbocycles. The van der Waals surface area contributed by atoms with Gasteiger partial charge in [-0.05, 0) is 23.3 Å². The van der Waals surface area contributed by atoms with Gasteiger partial charge < -0.3 is 4.90 Å². The van der Waals surface area contributed by atoms with Gasteiger partial charge >= 0.3 is 0 Å². The number of nitrogens with zero attached hydrogens (tertiary/aromatic N) is 1. The molecule has 3 heteroatoms. The molecule has 0 N–H and O–H groups in total. The first-order chi connectivity index (χ1) is 10.2. The van der Waals surface area contributed by atoms with Gasteiger partial charge in [0, 0.05) is 31.5 Å². The Morgan fingerprint density at radius 3 is 2.00 bits per heavy atom. The van der Waals surface area contributed by atoms with Gasteiger partial charge in [0.15, 0.2) is 0 Å². The van der Waals surface area contributed by atoms with E-state index in [0.717, 1.165) is 11.1 Å². The number of amides is 1. The molecule has 3 rings (SSSR count). The van der Waals surface area contributed by atoms with Crippen LogP contribution in [0.5, 0.6) is 0 Å². The molecule has 2 aromatic carbocycles. The number of piperidine rings is 1. The van der Waals surface area contributed by atoms with E-state index in [1.807, 2.05) is 54.6 Å². The highest BCUT2D eigenvalue weighted by molar-refractivity contribution is 5.95. The normalized spacial score (nSPS) is 15.0. The van der Waals surface area contributed by atoms with Crippen molar-refractivity contribution in [2.24, 2.45) is 0 Å². The molecule has 0 unspecified atom stereocenters. The van der Waals surface area contributed by atoms with Crippen molar-refractivity contribution in [2.75, 3.05) is 13.1 Å². The zero-order valence-corrected chi connectivity index (χ0v) is 11.8. The average Bonchev–Trinajstić information content (AvgIpc) is 2.56. The van der Waals surface area contributed by atoms with Crippen molar-refractivity contribution in [2.45, 2.75) is 12.8 Å². The Morgan fingerprint density at radius 2 is 1.38 bits per heavy atom. The fourth-order valence-electron chi connectivity index (χ4n) is 2.58. The lowest BCUT2D eigenvalue weighted by Gasteiger charge is -2.26. The number of hydrogen-bond donors (Lipinski definition) is 0. The van der Waals surface area contributed by atoms with E-state index >= 15 is 0 Å². The topological polar surface area (TPSA) is 37.4 Å². The monoisotopic (exact) mass is 279 g/mol. The van der Waals surface area contributed by atoms with Gasteiger partial charge in [-0.25, -0.2) is 0 Å². The van der Waals surface area contributed by atoms with Gasteiger partial charge in [0.05, 0.1) is 0 Å². The van der Waals surface area contributed by atoms with Crippen molar-refractivity contribution in [1.82, 2.24) is 4.90 Å². The Morgan fingerprint density at radius 1 is 0.810 bits per heavy atom. The molecule has 0 atom stereocenters. The van der Waals surface area contributed by atoms with E-state index in [9.17, 15) is 9.59 Å². The Balaban J connectivity index is 1.75. The molecule has 0 spiro atoms. The zero-order chi connectivity index (χ0) is 14.7. The highest BCUT2D eigenvalue weighted by atomic mass is 16.2. The van der Waals surface area contributed by atoms with Crippen LogP contribution in [0, 0.1) is 0 Å². The van der Waals surface area contributed by atoms with Crippen LogP contribution in [0.1, 0.15) is 23.2 Å². The number of ketones is 1. The molecule has 106 valence electrons. The molecule has 1 aliphatic rings. The van der Waals surface area contributed by atoms with Crippen molar-refractivity contribution in [3.63, 3.8) is 0 Å². The van der Waals surface area contributed by atoms with Gasteiger partial charge in [-0.15, -0.1) is 0 Å². The summed E-state index contributed by atoms with van der Waals surface area (Å²) in [6.07, 6.45) is 0.960.